The summed E-state index contributed by atoms with van der Waals surface area (Å²) in [5.41, 5.74) is 6.54. The van der Waals surface area contributed by atoms with E-state index in [4.69, 9.17) is 5.73 Å². The average molecular weight is 258 g/mol. The Hall–Kier alpha value is -2.23. The molecule has 0 aliphatic rings. The summed E-state index contributed by atoms with van der Waals surface area (Å²) < 4.78 is 12.9. The van der Waals surface area contributed by atoms with Crippen LogP contribution in [0.1, 0.15) is 29.8 Å². The topological polar surface area (TPSA) is 56.0 Å². The highest BCUT2D eigenvalue weighted by Crippen LogP contribution is 2.29. The maximum absolute atomic E-state index is 12.9. The second kappa shape index (κ2) is 4.80. The van der Waals surface area contributed by atoms with Crippen LogP contribution in [-0.4, -0.2) is 10.8 Å². The Labute approximate surface area is 111 Å². The van der Waals surface area contributed by atoms with Crippen molar-refractivity contribution in [3.05, 3.63) is 59.7 Å². The van der Waals surface area contributed by atoms with Crippen molar-refractivity contribution >= 4 is 11.5 Å². The molecule has 2 N–H and O–H groups in total. The molecule has 98 valence electrons. The van der Waals surface area contributed by atoms with Crippen LogP contribution in [0.4, 0.5) is 10.1 Å². The molecule has 0 unspecified atom stereocenters. The fourth-order valence-electron chi connectivity index (χ4n) is 1.93. The van der Waals surface area contributed by atoms with Crippen molar-refractivity contribution in [2.45, 2.75) is 19.3 Å². The van der Waals surface area contributed by atoms with Gasteiger partial charge in [0.25, 0.3) is 0 Å². The fraction of sp³-hybridized carbons (Fsp3) is 0.200. The number of aromatic nitrogens is 1. The molecule has 0 saturated carbocycles. The largest absolute Gasteiger partial charge is 0.398 e. The minimum Gasteiger partial charge on any atom is -0.398 e. The molecule has 0 aliphatic heterocycles. The number of carbonyl (C=O) groups excluding carboxylic acids is 1. The highest BCUT2D eigenvalue weighted by molar-refractivity contribution is 6.06. The van der Waals surface area contributed by atoms with Gasteiger partial charge in [-0.1, -0.05) is 12.1 Å². The zero-order valence-electron chi connectivity index (χ0n) is 10.9. The molecule has 0 aliphatic carbocycles. The van der Waals surface area contributed by atoms with Gasteiger partial charge in [0.2, 0.25) is 0 Å². The first-order valence-corrected chi connectivity index (χ1v) is 5.93. The number of rotatable bonds is 3. The van der Waals surface area contributed by atoms with Gasteiger partial charge < -0.3 is 5.73 Å². The predicted octanol–water partition coefficient (Wildman–Crippen LogP) is 2.96. The van der Waals surface area contributed by atoms with Crippen LogP contribution in [0.25, 0.3) is 0 Å². The van der Waals surface area contributed by atoms with Gasteiger partial charge in [0.05, 0.1) is 11.0 Å². The Balaban J connectivity index is 2.42. The summed E-state index contributed by atoms with van der Waals surface area (Å²) in [6, 6.07) is 7.50. The van der Waals surface area contributed by atoms with Crippen molar-refractivity contribution in [1.82, 2.24) is 4.98 Å². The highest BCUT2D eigenvalue weighted by Gasteiger charge is 2.31. The fourth-order valence-corrected chi connectivity index (χ4v) is 1.93. The van der Waals surface area contributed by atoms with Crippen molar-refractivity contribution in [2.75, 3.05) is 5.73 Å². The van der Waals surface area contributed by atoms with Crippen LogP contribution < -0.4 is 5.73 Å². The second-order valence-electron chi connectivity index (χ2n) is 4.92. The lowest BCUT2D eigenvalue weighted by Gasteiger charge is -2.24. The van der Waals surface area contributed by atoms with E-state index >= 15 is 0 Å². The Morgan fingerprint density at radius 3 is 2.42 bits per heavy atom. The zero-order valence-corrected chi connectivity index (χ0v) is 10.9. The van der Waals surface area contributed by atoms with E-state index in [2.05, 4.69) is 4.98 Å². The molecule has 0 spiro atoms. The first-order chi connectivity index (χ1) is 8.93. The van der Waals surface area contributed by atoms with E-state index in [9.17, 15) is 9.18 Å². The average Bonchev–Trinajstić information content (AvgIpc) is 2.39. The number of ketones is 1. The van der Waals surface area contributed by atoms with Gasteiger partial charge in [-0.2, -0.15) is 0 Å². The molecule has 0 radical (unpaired) electrons. The Bertz CT molecular complexity index is 606. The molecule has 1 aromatic heterocycles. The summed E-state index contributed by atoms with van der Waals surface area (Å²) in [7, 11) is 0. The lowest BCUT2D eigenvalue weighted by molar-refractivity contribution is 0.0909. The van der Waals surface area contributed by atoms with Crippen LogP contribution in [0.3, 0.4) is 0 Å². The molecular formula is C15H15FN2O. The molecule has 3 nitrogen and oxygen atoms in total. The van der Waals surface area contributed by atoms with Gasteiger partial charge in [-0.25, -0.2) is 4.39 Å². The van der Waals surface area contributed by atoms with Gasteiger partial charge in [-0.05, 0) is 37.6 Å². The van der Waals surface area contributed by atoms with Crippen LogP contribution in [-0.2, 0) is 5.41 Å². The third kappa shape index (κ3) is 2.47. The van der Waals surface area contributed by atoms with E-state index in [1.54, 1.807) is 32.0 Å². The smallest absolute Gasteiger partial charge is 0.176 e. The third-order valence-electron chi connectivity index (χ3n) is 3.23. The summed E-state index contributed by atoms with van der Waals surface area (Å²) in [6.07, 6.45) is 3.00. The number of nitrogens with zero attached hydrogens (tertiary/aromatic N) is 1. The number of hydrogen-bond donors (Lipinski definition) is 1. The van der Waals surface area contributed by atoms with E-state index in [0.717, 1.165) is 5.56 Å². The quantitative estimate of drug-likeness (QED) is 0.861. The van der Waals surface area contributed by atoms with Crippen LogP contribution >= 0.6 is 0 Å². The number of Topliss-reactive ketones (excluding diaryl/α,β-unsaturated/α-hetero) is 1. The second-order valence-corrected chi connectivity index (χ2v) is 4.92. The molecule has 1 aromatic carbocycles. The van der Waals surface area contributed by atoms with Gasteiger partial charge in [0, 0.05) is 18.1 Å². The summed E-state index contributed by atoms with van der Waals surface area (Å²) in [5.74, 6) is -0.461. The molecule has 0 amide bonds. The molecule has 19 heavy (non-hydrogen) atoms. The predicted molar refractivity (Wildman–Crippen MR) is 72.4 cm³/mol. The molecule has 2 rings (SSSR count). The van der Waals surface area contributed by atoms with Crippen LogP contribution in [0, 0.1) is 5.82 Å². The Morgan fingerprint density at radius 1 is 1.21 bits per heavy atom. The van der Waals surface area contributed by atoms with Crippen molar-refractivity contribution < 1.29 is 9.18 Å². The molecule has 0 bridgehead atoms. The number of anilines is 1. The van der Waals surface area contributed by atoms with Crippen molar-refractivity contribution in [3.63, 3.8) is 0 Å². The van der Waals surface area contributed by atoms with Gasteiger partial charge >= 0.3 is 0 Å². The van der Waals surface area contributed by atoms with E-state index < -0.39 is 5.41 Å². The zero-order chi connectivity index (χ0) is 14.0. The van der Waals surface area contributed by atoms with Gasteiger partial charge in [-0.15, -0.1) is 0 Å². The number of halogens is 1. The van der Waals surface area contributed by atoms with Crippen LogP contribution in [0.15, 0.2) is 42.7 Å². The number of nitrogens with two attached hydrogens (primary N) is 1. The van der Waals surface area contributed by atoms with Crippen molar-refractivity contribution in [3.8, 4) is 0 Å². The normalized spacial score (nSPS) is 11.3. The molecule has 0 fully saturated rings. The third-order valence-corrected chi connectivity index (χ3v) is 3.23. The maximum atomic E-state index is 12.9. The standard InChI is InChI=1S/C15H15FN2O/c1-15(2,10-3-5-11(16)6-4-10)14(19)12-9-18-8-7-13(12)17/h3-9H,1-2H3,(H2,17,18). The number of benzene rings is 1. The lowest BCUT2D eigenvalue weighted by atomic mass is 9.78. The number of carbonyl (C=O) groups is 1. The number of hydrogen-bond acceptors (Lipinski definition) is 3. The van der Waals surface area contributed by atoms with E-state index in [1.165, 1.54) is 24.5 Å². The maximum Gasteiger partial charge on any atom is 0.176 e. The minimum absolute atomic E-state index is 0.135. The summed E-state index contributed by atoms with van der Waals surface area (Å²) in [6.45, 7) is 3.57. The molecule has 2 aromatic rings. The molecule has 0 atom stereocenters. The van der Waals surface area contributed by atoms with E-state index in [-0.39, 0.29) is 11.6 Å². The molecular weight excluding hydrogens is 243 g/mol. The van der Waals surface area contributed by atoms with Gasteiger partial charge in [0.15, 0.2) is 5.78 Å². The number of pyridine rings is 1. The lowest BCUT2D eigenvalue weighted by Crippen LogP contribution is -2.29. The van der Waals surface area contributed by atoms with Gasteiger partial charge in [0.1, 0.15) is 5.82 Å². The monoisotopic (exact) mass is 258 g/mol. The molecule has 0 saturated heterocycles. The van der Waals surface area contributed by atoms with Crippen LogP contribution in [0.5, 0.6) is 0 Å². The van der Waals surface area contributed by atoms with E-state index in [1.807, 2.05) is 0 Å². The van der Waals surface area contributed by atoms with Crippen LogP contribution in [0.2, 0.25) is 0 Å². The van der Waals surface area contributed by atoms with Crippen molar-refractivity contribution in [1.29, 1.82) is 0 Å². The molecule has 1 heterocycles. The summed E-state index contributed by atoms with van der Waals surface area (Å²) >= 11 is 0. The first kappa shape index (κ1) is 13.2. The minimum atomic E-state index is -0.787. The first-order valence-electron chi connectivity index (χ1n) is 5.93. The SMILES string of the molecule is CC(C)(C(=O)c1cnccc1N)c1ccc(F)cc1. The summed E-state index contributed by atoms with van der Waals surface area (Å²) in [5, 5.41) is 0. The Kier molecular flexibility index (Phi) is 3.34. The summed E-state index contributed by atoms with van der Waals surface area (Å²) in [4.78, 5) is 16.5. The molecule has 4 heteroatoms. The van der Waals surface area contributed by atoms with Gasteiger partial charge in [-0.3, -0.25) is 9.78 Å². The number of nitrogen functional groups attached to an aromatic ring is 1. The highest BCUT2D eigenvalue weighted by atomic mass is 19.1. The van der Waals surface area contributed by atoms with E-state index in [0.29, 0.717) is 11.3 Å². The Morgan fingerprint density at radius 2 is 1.84 bits per heavy atom. The van der Waals surface area contributed by atoms with Crippen molar-refractivity contribution in [2.24, 2.45) is 0 Å².